The Hall–Kier alpha value is -1.79. The van der Waals surface area contributed by atoms with Gasteiger partial charge in [0.15, 0.2) is 5.78 Å². The third kappa shape index (κ3) is 5.61. The van der Waals surface area contributed by atoms with Gasteiger partial charge in [0.2, 0.25) is 0 Å². The van der Waals surface area contributed by atoms with Gasteiger partial charge in [0, 0.05) is 18.7 Å². The van der Waals surface area contributed by atoms with Gasteiger partial charge in [0.25, 0.3) is 0 Å². The maximum absolute atomic E-state index is 13.2. The molecule has 0 radical (unpaired) electrons. The van der Waals surface area contributed by atoms with E-state index in [1.165, 1.54) is 18.2 Å². The Labute approximate surface area is 123 Å². The molecule has 0 amide bonds. The van der Waals surface area contributed by atoms with E-state index in [-0.39, 0.29) is 18.0 Å². The number of carbonyl (C=O) groups is 2. The summed E-state index contributed by atoms with van der Waals surface area (Å²) < 4.78 is 13.2. The van der Waals surface area contributed by atoms with Crippen LogP contribution in [0.15, 0.2) is 18.2 Å². The molecule has 116 valence electrons. The van der Waals surface area contributed by atoms with Crippen molar-refractivity contribution in [3.05, 3.63) is 35.1 Å². The van der Waals surface area contributed by atoms with Crippen LogP contribution in [-0.2, 0) is 4.79 Å². The molecule has 0 saturated carbocycles. The quantitative estimate of drug-likeness (QED) is 0.708. The number of benzene rings is 1. The van der Waals surface area contributed by atoms with E-state index in [1.54, 1.807) is 6.92 Å². The Morgan fingerprint density at radius 1 is 1.38 bits per heavy atom. The number of ketones is 1. The van der Waals surface area contributed by atoms with Gasteiger partial charge >= 0.3 is 5.97 Å². The Kier molecular flexibility index (Phi) is 6.45. The van der Waals surface area contributed by atoms with Gasteiger partial charge in [-0.25, -0.2) is 4.39 Å². The number of carbonyl (C=O) groups excluding carboxylic acids is 1. The Bertz CT molecular complexity index is 518. The van der Waals surface area contributed by atoms with E-state index < -0.39 is 12.0 Å². The highest BCUT2D eigenvalue weighted by Crippen LogP contribution is 2.12. The SMILES string of the molecule is Cc1cc(C(=O)C(CC(=O)O)NCCN(C)C)ccc1F. The van der Waals surface area contributed by atoms with E-state index in [9.17, 15) is 14.0 Å². The molecular weight excluding hydrogens is 275 g/mol. The fourth-order valence-corrected chi connectivity index (χ4v) is 1.89. The smallest absolute Gasteiger partial charge is 0.305 e. The van der Waals surface area contributed by atoms with Gasteiger partial charge < -0.3 is 15.3 Å². The fraction of sp³-hybridized carbons (Fsp3) is 0.467. The molecule has 6 heteroatoms. The van der Waals surface area contributed by atoms with Crippen molar-refractivity contribution < 1.29 is 19.1 Å². The molecule has 21 heavy (non-hydrogen) atoms. The summed E-state index contributed by atoms with van der Waals surface area (Å²) in [6.07, 6.45) is -0.303. The van der Waals surface area contributed by atoms with Crippen LogP contribution in [0.3, 0.4) is 0 Å². The Balaban J connectivity index is 2.82. The average Bonchev–Trinajstić information content (AvgIpc) is 2.39. The van der Waals surface area contributed by atoms with Crippen molar-refractivity contribution in [3.8, 4) is 0 Å². The number of aliphatic carboxylic acids is 1. The summed E-state index contributed by atoms with van der Waals surface area (Å²) in [5.41, 5.74) is 0.681. The number of carboxylic acid groups (broad SMARTS) is 1. The first kappa shape index (κ1) is 17.3. The molecule has 0 saturated heterocycles. The molecule has 0 fully saturated rings. The molecule has 0 aliphatic heterocycles. The predicted molar refractivity (Wildman–Crippen MR) is 78.1 cm³/mol. The lowest BCUT2D eigenvalue weighted by Gasteiger charge is -2.18. The topological polar surface area (TPSA) is 69.6 Å². The van der Waals surface area contributed by atoms with E-state index in [0.717, 1.165) is 0 Å². The number of hydrogen-bond acceptors (Lipinski definition) is 4. The van der Waals surface area contributed by atoms with Crippen molar-refractivity contribution in [1.29, 1.82) is 0 Å². The zero-order valence-electron chi connectivity index (χ0n) is 12.5. The van der Waals surface area contributed by atoms with E-state index in [2.05, 4.69) is 5.32 Å². The lowest BCUT2D eigenvalue weighted by atomic mass is 10.00. The van der Waals surface area contributed by atoms with Gasteiger partial charge in [-0.05, 0) is 44.8 Å². The Morgan fingerprint density at radius 2 is 2.05 bits per heavy atom. The van der Waals surface area contributed by atoms with E-state index in [1.807, 2.05) is 19.0 Å². The molecule has 1 unspecified atom stereocenters. The molecule has 0 aliphatic carbocycles. The first-order valence-corrected chi connectivity index (χ1v) is 6.71. The molecule has 1 rings (SSSR count). The molecule has 0 spiro atoms. The highest BCUT2D eigenvalue weighted by Gasteiger charge is 2.22. The number of nitrogens with one attached hydrogen (secondary N) is 1. The third-order valence-corrected chi connectivity index (χ3v) is 3.09. The molecule has 0 aliphatic rings. The lowest BCUT2D eigenvalue weighted by molar-refractivity contribution is -0.137. The minimum atomic E-state index is -1.05. The van der Waals surface area contributed by atoms with Crippen molar-refractivity contribution in [1.82, 2.24) is 10.2 Å². The summed E-state index contributed by atoms with van der Waals surface area (Å²) in [6.45, 7) is 2.75. The fourth-order valence-electron chi connectivity index (χ4n) is 1.89. The minimum absolute atomic E-state index is 0.303. The lowest BCUT2D eigenvalue weighted by Crippen LogP contribution is -2.41. The Morgan fingerprint density at radius 3 is 2.57 bits per heavy atom. The van der Waals surface area contributed by atoms with Crippen LogP contribution in [0.5, 0.6) is 0 Å². The van der Waals surface area contributed by atoms with Crippen LogP contribution in [0.4, 0.5) is 4.39 Å². The molecule has 5 nitrogen and oxygen atoms in total. The summed E-state index contributed by atoms with van der Waals surface area (Å²) >= 11 is 0. The summed E-state index contributed by atoms with van der Waals surface area (Å²) in [4.78, 5) is 25.2. The number of aryl methyl sites for hydroxylation is 1. The van der Waals surface area contributed by atoms with Crippen LogP contribution in [0.25, 0.3) is 0 Å². The van der Waals surface area contributed by atoms with Crippen LogP contribution in [0.2, 0.25) is 0 Å². The van der Waals surface area contributed by atoms with Crippen LogP contribution in [0.1, 0.15) is 22.3 Å². The van der Waals surface area contributed by atoms with Gasteiger partial charge in [-0.15, -0.1) is 0 Å². The van der Waals surface area contributed by atoms with Crippen molar-refractivity contribution >= 4 is 11.8 Å². The second kappa shape index (κ2) is 7.85. The molecule has 2 N–H and O–H groups in total. The summed E-state index contributed by atoms with van der Waals surface area (Å²) in [6, 6.07) is 3.24. The third-order valence-electron chi connectivity index (χ3n) is 3.09. The first-order valence-electron chi connectivity index (χ1n) is 6.71. The second-order valence-electron chi connectivity index (χ2n) is 5.24. The number of Topliss-reactive ketones (excluding diaryl/α,β-unsaturated/α-hetero) is 1. The van der Waals surface area contributed by atoms with Gasteiger partial charge in [-0.1, -0.05) is 0 Å². The first-order chi connectivity index (χ1) is 9.81. The molecule has 1 atom stereocenters. The van der Waals surface area contributed by atoms with E-state index in [4.69, 9.17) is 5.11 Å². The van der Waals surface area contributed by atoms with Crippen LogP contribution in [0, 0.1) is 12.7 Å². The van der Waals surface area contributed by atoms with Crippen molar-refractivity contribution in [2.75, 3.05) is 27.2 Å². The average molecular weight is 296 g/mol. The van der Waals surface area contributed by atoms with E-state index in [0.29, 0.717) is 24.2 Å². The van der Waals surface area contributed by atoms with Gasteiger partial charge in [-0.2, -0.15) is 0 Å². The standard InChI is InChI=1S/C15H21FN2O3/c1-10-8-11(4-5-12(10)16)15(21)13(9-14(19)20)17-6-7-18(2)3/h4-5,8,13,17H,6-7,9H2,1-3H3,(H,19,20). The summed E-state index contributed by atoms with van der Waals surface area (Å²) in [7, 11) is 3.78. The van der Waals surface area contributed by atoms with Crippen molar-refractivity contribution in [2.24, 2.45) is 0 Å². The number of hydrogen-bond donors (Lipinski definition) is 2. The molecule has 0 bridgehead atoms. The minimum Gasteiger partial charge on any atom is -0.481 e. The molecular formula is C15H21FN2O3. The molecule has 0 heterocycles. The number of carboxylic acids is 1. The number of likely N-dealkylation sites (N-methyl/N-ethyl adjacent to an activating group) is 1. The summed E-state index contributed by atoms with van der Waals surface area (Å²) in [5, 5.41) is 11.9. The summed E-state index contributed by atoms with van der Waals surface area (Å²) in [5.74, 6) is -1.77. The predicted octanol–water partition coefficient (Wildman–Crippen LogP) is 1.31. The van der Waals surface area contributed by atoms with Crippen LogP contribution in [-0.4, -0.2) is 55.0 Å². The zero-order chi connectivity index (χ0) is 16.0. The maximum Gasteiger partial charge on any atom is 0.305 e. The number of halogens is 1. The second-order valence-corrected chi connectivity index (χ2v) is 5.24. The monoisotopic (exact) mass is 296 g/mol. The highest BCUT2D eigenvalue weighted by atomic mass is 19.1. The highest BCUT2D eigenvalue weighted by molar-refractivity contribution is 6.01. The van der Waals surface area contributed by atoms with Gasteiger partial charge in [-0.3, -0.25) is 9.59 Å². The number of nitrogens with zero attached hydrogens (tertiary/aromatic N) is 1. The van der Waals surface area contributed by atoms with Crippen LogP contribution < -0.4 is 5.32 Å². The van der Waals surface area contributed by atoms with Gasteiger partial charge in [0.05, 0.1) is 12.5 Å². The van der Waals surface area contributed by atoms with E-state index >= 15 is 0 Å². The normalized spacial score (nSPS) is 12.4. The zero-order valence-corrected chi connectivity index (χ0v) is 12.5. The molecule has 1 aromatic rings. The van der Waals surface area contributed by atoms with Crippen molar-refractivity contribution in [2.45, 2.75) is 19.4 Å². The maximum atomic E-state index is 13.2. The van der Waals surface area contributed by atoms with Crippen LogP contribution >= 0.6 is 0 Å². The molecule has 1 aromatic carbocycles. The largest absolute Gasteiger partial charge is 0.481 e. The molecule has 0 aromatic heterocycles. The van der Waals surface area contributed by atoms with Crippen molar-refractivity contribution in [3.63, 3.8) is 0 Å². The van der Waals surface area contributed by atoms with Gasteiger partial charge in [0.1, 0.15) is 5.82 Å². The number of rotatable bonds is 8.